The summed E-state index contributed by atoms with van der Waals surface area (Å²) in [5.41, 5.74) is 4.09. The van der Waals surface area contributed by atoms with Crippen molar-refractivity contribution in [3.8, 4) is 11.5 Å². The number of rotatable bonds is 14. The van der Waals surface area contributed by atoms with Crippen molar-refractivity contribution in [2.24, 2.45) is 23.7 Å². The Morgan fingerprint density at radius 1 is 0.562 bits per heavy atom. The number of carbonyl (C=O) groups is 4. The zero-order chi connectivity index (χ0) is 35.1. The van der Waals surface area contributed by atoms with E-state index in [1.807, 2.05) is 13.8 Å². The highest BCUT2D eigenvalue weighted by atomic mass is 16.6. The van der Waals surface area contributed by atoms with Crippen molar-refractivity contribution in [2.75, 3.05) is 13.2 Å². The molecule has 0 saturated heterocycles. The molecule has 262 valence electrons. The Bertz CT molecular complexity index is 1400. The standard InChI is InChI=1S/C40H54O8/c1-9-29-15-17-31(29)13-11-19-45-37(41)33-27(7)23(3)21-25(5)35(33)47-39(43)40(44)48-36-26(6)22-24(4)28(8)34(36)38(42)46-20-12-14-32-18-16-30(32)10-2/h21-22,29-32H,9-20H2,1-8H3. The molecule has 8 heteroatoms. The number of ether oxygens (including phenoxy) is 4. The first-order valence-electron chi connectivity index (χ1n) is 17.9. The fourth-order valence-corrected chi connectivity index (χ4v) is 7.43. The van der Waals surface area contributed by atoms with Crippen LogP contribution in [0, 0.1) is 65.2 Å². The molecule has 0 spiro atoms. The van der Waals surface area contributed by atoms with Crippen molar-refractivity contribution < 1.29 is 38.1 Å². The van der Waals surface area contributed by atoms with Gasteiger partial charge in [0.05, 0.1) is 13.2 Å². The molecule has 4 rings (SSSR count). The smallest absolute Gasteiger partial charge is 0.423 e. The van der Waals surface area contributed by atoms with Crippen LogP contribution in [-0.2, 0) is 19.1 Å². The number of hydrogen-bond donors (Lipinski definition) is 0. The van der Waals surface area contributed by atoms with E-state index in [9.17, 15) is 19.2 Å². The largest absolute Gasteiger partial charge is 0.462 e. The number of aryl methyl sites for hydroxylation is 4. The van der Waals surface area contributed by atoms with Crippen LogP contribution >= 0.6 is 0 Å². The average molecular weight is 663 g/mol. The molecule has 4 atom stereocenters. The quantitative estimate of drug-likeness (QED) is 0.0856. The average Bonchev–Trinajstić information content (AvgIpc) is 3.01. The van der Waals surface area contributed by atoms with Gasteiger partial charge in [-0.15, -0.1) is 0 Å². The maximum Gasteiger partial charge on any atom is 0.423 e. The Labute approximate surface area is 286 Å². The first kappa shape index (κ1) is 37.1. The van der Waals surface area contributed by atoms with Crippen LogP contribution in [0.2, 0.25) is 0 Å². The van der Waals surface area contributed by atoms with E-state index in [0.29, 0.717) is 34.1 Å². The van der Waals surface area contributed by atoms with Crippen molar-refractivity contribution in [3.63, 3.8) is 0 Å². The highest BCUT2D eigenvalue weighted by molar-refractivity contribution is 6.31. The van der Waals surface area contributed by atoms with Gasteiger partial charge in [0.15, 0.2) is 0 Å². The number of benzene rings is 2. The van der Waals surface area contributed by atoms with Crippen molar-refractivity contribution >= 4 is 23.9 Å². The summed E-state index contributed by atoms with van der Waals surface area (Å²) in [6.07, 6.45) is 10.9. The summed E-state index contributed by atoms with van der Waals surface area (Å²) < 4.78 is 22.4. The lowest BCUT2D eigenvalue weighted by molar-refractivity contribution is -0.156. The summed E-state index contributed by atoms with van der Waals surface area (Å²) in [5.74, 6) is -1.01. The van der Waals surface area contributed by atoms with Gasteiger partial charge < -0.3 is 18.9 Å². The molecule has 0 heterocycles. The minimum atomic E-state index is -1.31. The van der Waals surface area contributed by atoms with Crippen LogP contribution in [0.25, 0.3) is 0 Å². The minimum absolute atomic E-state index is 0.0386. The molecular weight excluding hydrogens is 608 g/mol. The summed E-state index contributed by atoms with van der Waals surface area (Å²) in [6.45, 7) is 15.6. The van der Waals surface area contributed by atoms with Gasteiger partial charge in [-0.25, -0.2) is 19.2 Å². The van der Waals surface area contributed by atoms with E-state index in [-0.39, 0.29) is 35.8 Å². The highest BCUT2D eigenvalue weighted by Gasteiger charge is 2.32. The molecule has 0 bridgehead atoms. The van der Waals surface area contributed by atoms with E-state index in [2.05, 4.69) is 13.8 Å². The molecular formula is C40H54O8. The summed E-state index contributed by atoms with van der Waals surface area (Å²) in [5, 5.41) is 0. The second kappa shape index (κ2) is 16.6. The van der Waals surface area contributed by atoms with E-state index in [4.69, 9.17) is 18.9 Å². The Hall–Kier alpha value is -3.68. The zero-order valence-corrected chi connectivity index (χ0v) is 30.2. The Balaban J connectivity index is 1.44. The molecule has 2 aromatic carbocycles. The molecule has 48 heavy (non-hydrogen) atoms. The molecule has 2 fully saturated rings. The topological polar surface area (TPSA) is 105 Å². The molecule has 0 radical (unpaired) electrons. The third-order valence-electron chi connectivity index (χ3n) is 11.0. The lowest BCUT2D eigenvalue weighted by Crippen LogP contribution is -2.28. The molecule has 2 aliphatic carbocycles. The SMILES string of the molecule is CCC1CCC1CCCOC(=O)c1c(C)c(C)cc(C)c1OC(=O)C(=O)Oc1c(C)cc(C)c(C)c1C(=O)OCCCC1CCC1CC. The normalized spacial score (nSPS) is 19.9. The van der Waals surface area contributed by atoms with Gasteiger partial charge in [0.25, 0.3) is 0 Å². The van der Waals surface area contributed by atoms with Crippen LogP contribution < -0.4 is 9.47 Å². The fourth-order valence-electron chi connectivity index (χ4n) is 7.43. The molecule has 8 nitrogen and oxygen atoms in total. The van der Waals surface area contributed by atoms with Gasteiger partial charge in [0.1, 0.15) is 22.6 Å². The molecule has 0 aliphatic heterocycles. The summed E-state index contributed by atoms with van der Waals surface area (Å²) >= 11 is 0. The summed E-state index contributed by atoms with van der Waals surface area (Å²) in [4.78, 5) is 53.1. The van der Waals surface area contributed by atoms with Gasteiger partial charge in [-0.2, -0.15) is 0 Å². The zero-order valence-electron chi connectivity index (χ0n) is 30.2. The second-order valence-electron chi connectivity index (χ2n) is 14.0. The van der Waals surface area contributed by atoms with E-state index in [1.165, 1.54) is 38.5 Å². The van der Waals surface area contributed by atoms with Crippen LogP contribution in [0.5, 0.6) is 11.5 Å². The molecule has 0 amide bonds. The van der Waals surface area contributed by atoms with Gasteiger partial charge in [-0.3, -0.25) is 0 Å². The third kappa shape index (κ3) is 8.48. The van der Waals surface area contributed by atoms with Crippen molar-refractivity contribution in [1.82, 2.24) is 0 Å². The highest BCUT2D eigenvalue weighted by Crippen LogP contribution is 2.40. The third-order valence-corrected chi connectivity index (χ3v) is 11.0. The maximum atomic E-state index is 13.3. The van der Waals surface area contributed by atoms with E-state index >= 15 is 0 Å². The van der Waals surface area contributed by atoms with Crippen LogP contribution in [0.1, 0.15) is 132 Å². The second-order valence-corrected chi connectivity index (χ2v) is 14.0. The van der Waals surface area contributed by atoms with Crippen molar-refractivity contribution in [2.45, 2.75) is 120 Å². The predicted molar refractivity (Wildman–Crippen MR) is 185 cm³/mol. The number of hydrogen-bond acceptors (Lipinski definition) is 8. The molecule has 2 saturated carbocycles. The predicted octanol–water partition coefficient (Wildman–Crippen LogP) is 8.79. The molecule has 0 aromatic heterocycles. The molecule has 2 aliphatic rings. The van der Waals surface area contributed by atoms with E-state index < -0.39 is 23.9 Å². The van der Waals surface area contributed by atoms with Crippen LogP contribution in [0.15, 0.2) is 12.1 Å². The Morgan fingerprint density at radius 2 is 0.917 bits per heavy atom. The molecule has 2 aromatic rings. The Morgan fingerprint density at radius 3 is 1.23 bits per heavy atom. The first-order valence-corrected chi connectivity index (χ1v) is 17.9. The van der Waals surface area contributed by atoms with Gasteiger partial charge in [-0.1, -0.05) is 38.8 Å². The van der Waals surface area contributed by atoms with Crippen LogP contribution in [-0.4, -0.2) is 37.1 Å². The lowest BCUT2D eigenvalue weighted by atomic mass is 9.70. The minimum Gasteiger partial charge on any atom is -0.462 e. The lowest BCUT2D eigenvalue weighted by Gasteiger charge is -2.36. The summed E-state index contributed by atoms with van der Waals surface area (Å²) in [7, 11) is 0. The van der Waals surface area contributed by atoms with Crippen LogP contribution in [0.4, 0.5) is 0 Å². The fraction of sp³-hybridized carbons (Fsp3) is 0.600. The monoisotopic (exact) mass is 662 g/mol. The number of carbonyl (C=O) groups excluding carboxylic acids is 4. The van der Waals surface area contributed by atoms with E-state index in [1.54, 1.807) is 39.8 Å². The van der Waals surface area contributed by atoms with Gasteiger partial charge in [0, 0.05) is 0 Å². The van der Waals surface area contributed by atoms with Crippen LogP contribution in [0.3, 0.4) is 0 Å². The summed E-state index contributed by atoms with van der Waals surface area (Å²) in [6, 6.07) is 3.58. The van der Waals surface area contributed by atoms with E-state index in [0.717, 1.165) is 48.6 Å². The Kier molecular flexibility index (Phi) is 12.9. The molecule has 0 N–H and O–H groups in total. The number of esters is 4. The van der Waals surface area contributed by atoms with Gasteiger partial charge in [0.2, 0.25) is 0 Å². The maximum absolute atomic E-state index is 13.3. The first-order chi connectivity index (χ1) is 22.9. The van der Waals surface area contributed by atoms with Gasteiger partial charge in [-0.05, 0) is 150 Å². The van der Waals surface area contributed by atoms with Crippen molar-refractivity contribution in [1.29, 1.82) is 0 Å². The van der Waals surface area contributed by atoms with Gasteiger partial charge >= 0.3 is 23.9 Å². The molecule has 4 unspecified atom stereocenters. The van der Waals surface area contributed by atoms with Crippen molar-refractivity contribution in [3.05, 3.63) is 56.6 Å².